The molecule has 3 rings (SSSR count). The summed E-state index contributed by atoms with van der Waals surface area (Å²) in [6, 6.07) is 7.14. The highest BCUT2D eigenvalue weighted by molar-refractivity contribution is 9.10. The van der Waals surface area contributed by atoms with Gasteiger partial charge in [0.05, 0.1) is 5.56 Å². The van der Waals surface area contributed by atoms with E-state index in [1.54, 1.807) is 0 Å². The Bertz CT molecular complexity index is 859. The normalized spacial score (nSPS) is 16.1. The van der Waals surface area contributed by atoms with Crippen LogP contribution in [0.25, 0.3) is 0 Å². The van der Waals surface area contributed by atoms with Crippen molar-refractivity contribution < 1.29 is 8.78 Å². The Morgan fingerprint density at radius 3 is 2.72 bits per heavy atom. The molecule has 2 aromatic rings. The van der Waals surface area contributed by atoms with Crippen molar-refractivity contribution in [2.24, 2.45) is 5.92 Å². The molecule has 0 nitrogen and oxygen atoms in total. The number of hydrogen-bond donors (Lipinski definition) is 0. The highest BCUT2D eigenvalue weighted by atomic mass is 79.9. The van der Waals surface area contributed by atoms with Crippen molar-refractivity contribution >= 4 is 15.9 Å². The number of fused-ring (bicyclic) bond motifs is 1. The smallest absolute Gasteiger partial charge is 0.145 e. The van der Waals surface area contributed by atoms with Crippen LogP contribution < -0.4 is 0 Å². The predicted molar refractivity (Wildman–Crippen MR) is 102 cm³/mol. The Morgan fingerprint density at radius 2 is 2.00 bits per heavy atom. The van der Waals surface area contributed by atoms with Crippen LogP contribution >= 0.6 is 15.9 Å². The second kappa shape index (κ2) is 7.70. The molecule has 0 amide bonds. The van der Waals surface area contributed by atoms with Gasteiger partial charge in [0.2, 0.25) is 0 Å². The quantitative estimate of drug-likeness (QED) is 0.514. The fraction of sp³-hybridized carbons (Fsp3) is 0.364. The summed E-state index contributed by atoms with van der Waals surface area (Å²) in [5, 5.41) is 0. The summed E-state index contributed by atoms with van der Waals surface area (Å²) in [5.74, 6) is 5.14. The van der Waals surface area contributed by atoms with Gasteiger partial charge in [0.15, 0.2) is 0 Å². The van der Waals surface area contributed by atoms with E-state index in [-0.39, 0.29) is 5.56 Å². The van der Waals surface area contributed by atoms with Crippen LogP contribution in [0.1, 0.15) is 54.0 Å². The van der Waals surface area contributed by atoms with E-state index in [0.29, 0.717) is 17.9 Å². The molecule has 0 aromatic heterocycles. The van der Waals surface area contributed by atoms with Gasteiger partial charge in [-0.1, -0.05) is 47.5 Å². The SMILES string of the molecule is CCCC1CCc2c(cc(F)c(C#Cc3ccc(Br)c(C)c3)c2F)C1. The van der Waals surface area contributed by atoms with Crippen molar-refractivity contribution in [1.29, 1.82) is 0 Å². The van der Waals surface area contributed by atoms with E-state index in [4.69, 9.17) is 0 Å². The second-order valence-electron chi connectivity index (χ2n) is 6.80. The van der Waals surface area contributed by atoms with Gasteiger partial charge in [0.25, 0.3) is 0 Å². The maximum Gasteiger partial charge on any atom is 0.145 e. The largest absolute Gasteiger partial charge is 0.206 e. The van der Waals surface area contributed by atoms with Crippen LogP contribution in [0, 0.1) is 36.3 Å². The molecule has 25 heavy (non-hydrogen) atoms. The lowest BCUT2D eigenvalue weighted by Gasteiger charge is -2.25. The highest BCUT2D eigenvalue weighted by Crippen LogP contribution is 2.32. The lowest BCUT2D eigenvalue weighted by atomic mass is 9.81. The Morgan fingerprint density at radius 1 is 1.20 bits per heavy atom. The topological polar surface area (TPSA) is 0 Å². The minimum atomic E-state index is -0.547. The molecule has 1 atom stereocenters. The minimum absolute atomic E-state index is 0.103. The standard InChI is InChI=1S/C22H21BrF2/c1-3-4-15-5-8-18-17(12-15)13-21(24)19(22(18)25)9-6-16-7-10-20(23)14(2)11-16/h7,10-11,13,15H,3-5,8,12H2,1-2H3. The van der Waals surface area contributed by atoms with Crippen LogP contribution in [-0.4, -0.2) is 0 Å². The van der Waals surface area contributed by atoms with E-state index in [9.17, 15) is 8.78 Å². The molecular weight excluding hydrogens is 382 g/mol. The van der Waals surface area contributed by atoms with Gasteiger partial charge in [-0.25, -0.2) is 8.78 Å². The molecule has 0 heterocycles. The molecule has 0 spiro atoms. The molecule has 0 radical (unpaired) electrons. The minimum Gasteiger partial charge on any atom is -0.206 e. The maximum absolute atomic E-state index is 14.8. The average molecular weight is 403 g/mol. The van der Waals surface area contributed by atoms with Crippen molar-refractivity contribution in [1.82, 2.24) is 0 Å². The van der Waals surface area contributed by atoms with Crippen molar-refractivity contribution in [2.45, 2.75) is 46.0 Å². The van der Waals surface area contributed by atoms with Gasteiger partial charge in [-0.05, 0) is 73.1 Å². The van der Waals surface area contributed by atoms with Crippen molar-refractivity contribution in [2.75, 3.05) is 0 Å². The Balaban J connectivity index is 1.94. The van der Waals surface area contributed by atoms with Crippen LogP contribution in [0.15, 0.2) is 28.7 Å². The first-order chi connectivity index (χ1) is 12.0. The number of halogens is 3. The first kappa shape index (κ1) is 18.1. The number of benzene rings is 2. The Hall–Kier alpha value is -1.66. The van der Waals surface area contributed by atoms with E-state index in [0.717, 1.165) is 46.8 Å². The van der Waals surface area contributed by atoms with Crippen molar-refractivity contribution in [3.8, 4) is 11.8 Å². The molecular formula is C22H21BrF2. The van der Waals surface area contributed by atoms with E-state index in [1.165, 1.54) is 6.07 Å². The summed E-state index contributed by atoms with van der Waals surface area (Å²) in [5.41, 5.74) is 3.17. The summed E-state index contributed by atoms with van der Waals surface area (Å²) in [6.45, 7) is 4.11. The predicted octanol–water partition coefficient (Wildman–Crippen LogP) is 6.34. The zero-order chi connectivity index (χ0) is 18.0. The van der Waals surface area contributed by atoms with Crippen LogP contribution in [0.4, 0.5) is 8.78 Å². The zero-order valence-electron chi connectivity index (χ0n) is 14.6. The molecule has 1 aliphatic rings. The Kier molecular flexibility index (Phi) is 5.59. The number of aryl methyl sites for hydroxylation is 1. The van der Waals surface area contributed by atoms with Gasteiger partial charge >= 0.3 is 0 Å². The van der Waals surface area contributed by atoms with Crippen LogP contribution in [-0.2, 0) is 12.8 Å². The molecule has 1 aliphatic carbocycles. The number of rotatable bonds is 2. The van der Waals surface area contributed by atoms with Crippen LogP contribution in [0.3, 0.4) is 0 Å². The molecule has 2 aromatic carbocycles. The average Bonchev–Trinajstić information content (AvgIpc) is 2.58. The fourth-order valence-corrected chi connectivity index (χ4v) is 3.80. The van der Waals surface area contributed by atoms with Gasteiger partial charge in [-0.2, -0.15) is 0 Å². The monoisotopic (exact) mass is 402 g/mol. The third-order valence-corrected chi connectivity index (χ3v) is 5.80. The zero-order valence-corrected chi connectivity index (χ0v) is 16.1. The van der Waals surface area contributed by atoms with Gasteiger partial charge in [0.1, 0.15) is 11.6 Å². The molecule has 3 heteroatoms. The van der Waals surface area contributed by atoms with Gasteiger partial charge in [-0.15, -0.1) is 0 Å². The third-order valence-electron chi connectivity index (χ3n) is 4.91. The Labute approximate surface area is 156 Å². The van der Waals surface area contributed by atoms with E-state index < -0.39 is 11.6 Å². The third kappa shape index (κ3) is 3.96. The molecule has 1 unspecified atom stereocenters. The molecule has 130 valence electrons. The first-order valence-electron chi connectivity index (χ1n) is 8.77. The van der Waals surface area contributed by atoms with Crippen LogP contribution in [0.2, 0.25) is 0 Å². The van der Waals surface area contributed by atoms with Gasteiger partial charge in [0, 0.05) is 10.0 Å². The van der Waals surface area contributed by atoms with Crippen molar-refractivity contribution in [3.63, 3.8) is 0 Å². The van der Waals surface area contributed by atoms with Crippen molar-refractivity contribution in [3.05, 3.63) is 68.2 Å². The molecule has 0 saturated carbocycles. The first-order valence-corrected chi connectivity index (χ1v) is 9.56. The highest BCUT2D eigenvalue weighted by Gasteiger charge is 2.24. The summed E-state index contributed by atoms with van der Waals surface area (Å²) in [4.78, 5) is 0. The van der Waals surface area contributed by atoms with E-state index in [2.05, 4.69) is 34.7 Å². The van der Waals surface area contributed by atoms with Gasteiger partial charge < -0.3 is 0 Å². The summed E-state index contributed by atoms with van der Waals surface area (Å²) in [6.07, 6.45) is 4.66. The lowest BCUT2D eigenvalue weighted by molar-refractivity contribution is 0.411. The summed E-state index contributed by atoms with van der Waals surface area (Å²) >= 11 is 3.44. The molecule has 0 N–H and O–H groups in total. The number of hydrogen-bond acceptors (Lipinski definition) is 0. The maximum atomic E-state index is 14.8. The molecule has 0 aliphatic heterocycles. The molecule has 0 fully saturated rings. The van der Waals surface area contributed by atoms with Gasteiger partial charge in [-0.3, -0.25) is 0 Å². The molecule has 0 bridgehead atoms. The van der Waals surface area contributed by atoms with E-state index in [1.807, 2.05) is 25.1 Å². The lowest BCUT2D eigenvalue weighted by Crippen LogP contribution is -2.17. The molecule has 0 saturated heterocycles. The fourth-order valence-electron chi connectivity index (χ4n) is 3.55. The van der Waals surface area contributed by atoms with Crippen LogP contribution in [0.5, 0.6) is 0 Å². The van der Waals surface area contributed by atoms with E-state index >= 15 is 0 Å². The summed E-state index contributed by atoms with van der Waals surface area (Å²) < 4.78 is 30.3. The second-order valence-corrected chi connectivity index (χ2v) is 7.65. The summed E-state index contributed by atoms with van der Waals surface area (Å²) in [7, 11) is 0.